The molecule has 5 rings (SSSR count). The fraction of sp³-hybridized carbons (Fsp3) is 0.531. The van der Waals surface area contributed by atoms with E-state index in [1.165, 1.54) is 31.9 Å². The summed E-state index contributed by atoms with van der Waals surface area (Å²) in [5, 5.41) is 16.7. The number of hydrogen-bond acceptors (Lipinski definition) is 6. The van der Waals surface area contributed by atoms with Crippen molar-refractivity contribution in [1.82, 2.24) is 19.8 Å². The molecule has 1 aliphatic heterocycles. The lowest BCUT2D eigenvalue weighted by Gasteiger charge is -2.43. The molecule has 2 fully saturated rings. The van der Waals surface area contributed by atoms with Gasteiger partial charge in [0.15, 0.2) is 0 Å². The summed E-state index contributed by atoms with van der Waals surface area (Å²) in [5.74, 6) is 0.819. The van der Waals surface area contributed by atoms with Crippen LogP contribution < -0.4 is 5.32 Å². The number of nitrogens with one attached hydrogen (secondary N) is 1. The zero-order valence-electron chi connectivity index (χ0n) is 24.1. The molecule has 2 N–H and O–H groups in total. The highest BCUT2D eigenvalue weighted by molar-refractivity contribution is 5.99. The summed E-state index contributed by atoms with van der Waals surface area (Å²) in [6.45, 7) is 9.70. The Labute approximate surface area is 237 Å². The van der Waals surface area contributed by atoms with Crippen molar-refractivity contribution < 1.29 is 14.7 Å². The van der Waals surface area contributed by atoms with E-state index in [0.717, 1.165) is 59.7 Å². The van der Waals surface area contributed by atoms with Crippen molar-refractivity contribution >= 4 is 23.3 Å². The highest BCUT2D eigenvalue weighted by atomic mass is 16.5. The number of carbonyl (C=O) groups excluding carboxylic acids is 1. The maximum Gasteiger partial charge on any atom is 0.407 e. The van der Waals surface area contributed by atoms with Crippen molar-refractivity contribution in [3.05, 3.63) is 65.5 Å². The van der Waals surface area contributed by atoms with Gasteiger partial charge in [-0.3, -0.25) is 0 Å². The predicted octanol–water partition coefficient (Wildman–Crippen LogP) is 6.51. The van der Waals surface area contributed by atoms with Crippen molar-refractivity contribution in [2.45, 2.75) is 84.5 Å². The average molecular weight is 546 g/mol. The molecule has 1 amide bonds. The first kappa shape index (κ1) is 28.1. The first-order chi connectivity index (χ1) is 19.3. The molecule has 3 aromatic rings. The van der Waals surface area contributed by atoms with Crippen molar-refractivity contribution in [3.63, 3.8) is 0 Å². The number of ether oxygens (including phenoxy) is 1. The van der Waals surface area contributed by atoms with Crippen LogP contribution in [0.15, 0.2) is 53.8 Å². The van der Waals surface area contributed by atoms with E-state index in [1.54, 1.807) is 6.20 Å². The molecule has 3 heterocycles. The Balaban J connectivity index is 1.29. The Bertz CT molecular complexity index is 1300. The number of nitrogens with zero attached hydrogens (tertiary/aromatic N) is 4. The van der Waals surface area contributed by atoms with Crippen molar-refractivity contribution in [2.75, 3.05) is 13.1 Å². The predicted molar refractivity (Wildman–Crippen MR) is 158 cm³/mol. The minimum Gasteiger partial charge on any atom is -0.445 e. The molecule has 1 saturated carbocycles. The molecule has 0 radical (unpaired) electrons. The highest BCUT2D eigenvalue weighted by Gasteiger charge is 2.34. The first-order valence-electron chi connectivity index (χ1n) is 14.7. The maximum absolute atomic E-state index is 12.6. The topological polar surface area (TPSA) is 92.0 Å². The number of hydrogen-bond donors (Lipinski definition) is 2. The van der Waals surface area contributed by atoms with Crippen molar-refractivity contribution in [1.29, 1.82) is 0 Å². The Morgan fingerprint density at radius 3 is 2.45 bits per heavy atom. The Hall–Kier alpha value is -3.39. The van der Waals surface area contributed by atoms with Crippen LogP contribution in [0.2, 0.25) is 0 Å². The van der Waals surface area contributed by atoms with Crippen LogP contribution >= 0.6 is 0 Å². The molecule has 8 heteroatoms. The van der Waals surface area contributed by atoms with Crippen LogP contribution in [0.25, 0.3) is 11.0 Å². The largest absolute Gasteiger partial charge is 0.445 e. The summed E-state index contributed by atoms with van der Waals surface area (Å²) in [4.78, 5) is 20.0. The molecule has 1 aliphatic carbocycles. The number of aromatic nitrogens is 2. The molecule has 1 saturated heterocycles. The molecular formula is C32H43N5O3. The van der Waals surface area contributed by atoms with E-state index in [1.807, 2.05) is 42.5 Å². The van der Waals surface area contributed by atoms with E-state index in [9.17, 15) is 10.0 Å². The number of likely N-dealkylation sites (tertiary alicyclic amines) is 1. The van der Waals surface area contributed by atoms with E-state index in [-0.39, 0.29) is 19.2 Å². The Kier molecular flexibility index (Phi) is 8.74. The van der Waals surface area contributed by atoms with Gasteiger partial charge in [0.25, 0.3) is 0 Å². The van der Waals surface area contributed by atoms with Crippen LogP contribution in [-0.4, -0.2) is 51.1 Å². The normalized spacial score (nSPS) is 21.2. The number of oxime groups is 1. The second-order valence-electron chi connectivity index (χ2n) is 12.4. The zero-order valence-corrected chi connectivity index (χ0v) is 24.1. The maximum atomic E-state index is 12.6. The van der Waals surface area contributed by atoms with E-state index in [4.69, 9.17) is 9.72 Å². The highest BCUT2D eigenvalue weighted by Crippen LogP contribution is 2.40. The van der Waals surface area contributed by atoms with Gasteiger partial charge in [0.2, 0.25) is 0 Å². The van der Waals surface area contributed by atoms with Gasteiger partial charge in [0.1, 0.15) is 12.3 Å². The number of benzene rings is 1. The molecule has 214 valence electrons. The zero-order chi connectivity index (χ0) is 28.1. The van der Waals surface area contributed by atoms with Gasteiger partial charge in [-0.25, -0.2) is 9.78 Å². The molecule has 2 aromatic heterocycles. The summed E-state index contributed by atoms with van der Waals surface area (Å²) in [6.07, 6.45) is 10.0. The number of pyridine rings is 1. The molecule has 0 spiro atoms. The third kappa shape index (κ3) is 6.33. The lowest BCUT2D eigenvalue weighted by atomic mass is 9.71. The standard InChI is InChI=1S/C32H43N5O3/c1-32(2,3)24-11-13-25(14-12-24)36-18-15-26(16-19-36)37-29(28(20-35-39)27-10-7-17-33-30(27)37)21-34-31(38)40-22-23-8-5-4-6-9-23/h4-10,17,20,24-26,39H,11-16,18-19,21-22H2,1-3H3,(H,34,38)/b35-20-. The van der Waals surface area contributed by atoms with Crippen molar-refractivity contribution in [3.8, 4) is 0 Å². The van der Waals surface area contributed by atoms with Crippen LogP contribution in [0.5, 0.6) is 0 Å². The molecule has 1 aromatic carbocycles. The van der Waals surface area contributed by atoms with E-state index >= 15 is 0 Å². The molecule has 2 aliphatic rings. The molecule has 0 bridgehead atoms. The quantitative estimate of drug-likeness (QED) is 0.201. The molecule has 40 heavy (non-hydrogen) atoms. The van der Waals surface area contributed by atoms with Crippen LogP contribution in [-0.2, 0) is 17.9 Å². The van der Waals surface area contributed by atoms with Gasteiger partial charge in [0, 0.05) is 48.0 Å². The Morgan fingerprint density at radius 2 is 1.77 bits per heavy atom. The summed E-state index contributed by atoms with van der Waals surface area (Å²) in [6, 6.07) is 14.4. The van der Waals surface area contributed by atoms with Gasteiger partial charge in [-0.1, -0.05) is 56.3 Å². The van der Waals surface area contributed by atoms with Crippen LogP contribution in [0.1, 0.15) is 82.2 Å². The summed E-state index contributed by atoms with van der Waals surface area (Å²) < 4.78 is 7.72. The lowest BCUT2D eigenvalue weighted by Crippen LogP contribution is -2.44. The van der Waals surface area contributed by atoms with Gasteiger partial charge in [-0.2, -0.15) is 0 Å². The van der Waals surface area contributed by atoms with Gasteiger partial charge < -0.3 is 24.7 Å². The van der Waals surface area contributed by atoms with Gasteiger partial charge >= 0.3 is 6.09 Å². The average Bonchev–Trinajstić information content (AvgIpc) is 3.28. The first-order valence-corrected chi connectivity index (χ1v) is 14.7. The SMILES string of the molecule is CC(C)(C)C1CCC(N2CCC(n3c(CNC(=O)OCc4ccccc4)c(/C=N\O)c4cccnc43)CC2)CC1. The van der Waals surface area contributed by atoms with Gasteiger partial charge in [-0.15, -0.1) is 0 Å². The van der Waals surface area contributed by atoms with Gasteiger partial charge in [-0.05, 0) is 67.6 Å². The summed E-state index contributed by atoms with van der Waals surface area (Å²) >= 11 is 0. The second-order valence-corrected chi connectivity index (χ2v) is 12.4. The number of alkyl carbamates (subject to hydrolysis) is 1. The van der Waals surface area contributed by atoms with E-state index in [2.05, 4.69) is 40.7 Å². The van der Waals surface area contributed by atoms with Gasteiger partial charge in [0.05, 0.1) is 12.8 Å². The number of rotatable bonds is 7. The summed E-state index contributed by atoms with van der Waals surface area (Å²) in [5.41, 5.74) is 3.84. The molecule has 8 nitrogen and oxygen atoms in total. The molecular weight excluding hydrogens is 502 g/mol. The van der Waals surface area contributed by atoms with Crippen LogP contribution in [0, 0.1) is 11.3 Å². The number of fused-ring (bicyclic) bond motifs is 1. The smallest absolute Gasteiger partial charge is 0.407 e. The van der Waals surface area contributed by atoms with E-state index < -0.39 is 6.09 Å². The lowest BCUT2D eigenvalue weighted by molar-refractivity contribution is 0.0719. The van der Waals surface area contributed by atoms with E-state index in [0.29, 0.717) is 11.5 Å². The third-order valence-corrected chi connectivity index (χ3v) is 9.01. The van der Waals surface area contributed by atoms with Crippen molar-refractivity contribution in [2.24, 2.45) is 16.5 Å². The number of piperidine rings is 1. The molecule has 0 atom stereocenters. The van der Waals surface area contributed by atoms with Crippen LogP contribution in [0.4, 0.5) is 4.79 Å². The number of carbonyl (C=O) groups is 1. The minimum absolute atomic E-state index is 0.207. The summed E-state index contributed by atoms with van der Waals surface area (Å²) in [7, 11) is 0. The monoisotopic (exact) mass is 545 g/mol. The van der Waals surface area contributed by atoms with Crippen LogP contribution in [0.3, 0.4) is 0 Å². The minimum atomic E-state index is -0.485. The number of amides is 1. The fourth-order valence-electron chi connectivity index (χ4n) is 6.73. The fourth-order valence-corrected chi connectivity index (χ4v) is 6.73. The molecule has 0 unspecified atom stereocenters. The second kappa shape index (κ2) is 12.4. The Morgan fingerprint density at radius 1 is 1.05 bits per heavy atom. The third-order valence-electron chi connectivity index (χ3n) is 9.01.